The zero-order valence-corrected chi connectivity index (χ0v) is 14.7. The Morgan fingerprint density at radius 2 is 1.88 bits per heavy atom. The van der Waals surface area contributed by atoms with Crippen LogP contribution in [0.4, 0.5) is 10.5 Å². The van der Waals surface area contributed by atoms with Crippen molar-refractivity contribution in [2.45, 2.75) is 32.8 Å². The molecule has 24 heavy (non-hydrogen) atoms. The fourth-order valence-electron chi connectivity index (χ4n) is 2.45. The van der Waals surface area contributed by atoms with Crippen LogP contribution in [0.5, 0.6) is 0 Å². The van der Waals surface area contributed by atoms with Crippen molar-refractivity contribution in [3.63, 3.8) is 0 Å². The third-order valence-electron chi connectivity index (χ3n) is 3.65. The summed E-state index contributed by atoms with van der Waals surface area (Å²) in [5.74, 6) is -0.311. The summed E-state index contributed by atoms with van der Waals surface area (Å²) < 4.78 is 10.1. The molecule has 132 valence electrons. The molecule has 0 radical (unpaired) electrons. The summed E-state index contributed by atoms with van der Waals surface area (Å²) in [5, 5.41) is 0. The molecule has 0 saturated carbocycles. The smallest absolute Gasteiger partial charge is 0.410 e. The summed E-state index contributed by atoms with van der Waals surface area (Å²) in [6, 6.07) is 3.80. The lowest BCUT2D eigenvalue weighted by molar-refractivity contribution is -0.139. The maximum atomic E-state index is 12.1. The third-order valence-corrected chi connectivity index (χ3v) is 3.65. The number of carbonyl (C=O) groups is 2. The molecule has 0 aromatic carbocycles. The van der Waals surface area contributed by atoms with E-state index in [0.717, 1.165) is 5.69 Å². The minimum absolute atomic E-state index is 0.155. The SMILES string of the molecule is COC(=O)Cc1cc(N2CCN(C(=O)OC(C)(C)C)CC2)ccn1. The monoisotopic (exact) mass is 335 g/mol. The standard InChI is InChI=1S/C17H25N3O4/c1-17(2,3)24-16(22)20-9-7-19(8-10-20)14-5-6-18-13(11-14)12-15(21)23-4/h5-6,11H,7-10,12H2,1-4H3. The zero-order valence-electron chi connectivity index (χ0n) is 14.7. The molecule has 1 fully saturated rings. The van der Waals surface area contributed by atoms with Crippen molar-refractivity contribution in [1.82, 2.24) is 9.88 Å². The van der Waals surface area contributed by atoms with E-state index in [1.54, 1.807) is 11.1 Å². The topological polar surface area (TPSA) is 72.0 Å². The maximum Gasteiger partial charge on any atom is 0.410 e. The molecule has 1 aromatic heterocycles. The number of pyridine rings is 1. The summed E-state index contributed by atoms with van der Waals surface area (Å²) in [7, 11) is 1.36. The molecule has 0 aliphatic carbocycles. The highest BCUT2D eigenvalue weighted by atomic mass is 16.6. The summed E-state index contributed by atoms with van der Waals surface area (Å²) >= 11 is 0. The number of nitrogens with zero attached hydrogens (tertiary/aromatic N) is 3. The minimum atomic E-state index is -0.484. The van der Waals surface area contributed by atoms with E-state index in [0.29, 0.717) is 31.9 Å². The predicted molar refractivity (Wildman–Crippen MR) is 90.0 cm³/mol. The molecule has 2 heterocycles. The number of esters is 1. The minimum Gasteiger partial charge on any atom is -0.469 e. The van der Waals surface area contributed by atoms with Crippen LogP contribution in [0.3, 0.4) is 0 Å². The lowest BCUT2D eigenvalue weighted by Crippen LogP contribution is -2.50. The lowest BCUT2D eigenvalue weighted by Gasteiger charge is -2.36. The largest absolute Gasteiger partial charge is 0.469 e. The number of carbonyl (C=O) groups excluding carboxylic acids is 2. The second kappa shape index (κ2) is 7.51. The van der Waals surface area contributed by atoms with Gasteiger partial charge in [-0.1, -0.05) is 0 Å². The Kier molecular flexibility index (Phi) is 5.64. The van der Waals surface area contributed by atoms with Crippen LogP contribution >= 0.6 is 0 Å². The number of ether oxygens (including phenoxy) is 2. The first-order valence-corrected chi connectivity index (χ1v) is 8.03. The highest BCUT2D eigenvalue weighted by Crippen LogP contribution is 2.18. The highest BCUT2D eigenvalue weighted by molar-refractivity contribution is 5.72. The molecule has 1 amide bonds. The molecule has 0 bridgehead atoms. The van der Waals surface area contributed by atoms with Gasteiger partial charge in [0.2, 0.25) is 0 Å². The van der Waals surface area contributed by atoms with Gasteiger partial charge in [-0.05, 0) is 32.9 Å². The molecule has 1 aliphatic rings. The Labute approximate surface area is 142 Å². The Morgan fingerprint density at radius 3 is 2.46 bits per heavy atom. The summed E-state index contributed by atoms with van der Waals surface area (Å²) in [5.41, 5.74) is 1.18. The molecule has 1 saturated heterocycles. The van der Waals surface area contributed by atoms with Gasteiger partial charge in [-0.2, -0.15) is 0 Å². The van der Waals surface area contributed by atoms with Gasteiger partial charge < -0.3 is 19.3 Å². The molecule has 0 spiro atoms. The van der Waals surface area contributed by atoms with Gasteiger partial charge in [0.25, 0.3) is 0 Å². The third kappa shape index (κ3) is 5.11. The number of methoxy groups -OCH3 is 1. The van der Waals surface area contributed by atoms with Crippen LogP contribution in [0.1, 0.15) is 26.5 Å². The van der Waals surface area contributed by atoms with Gasteiger partial charge in [-0.15, -0.1) is 0 Å². The molecule has 7 nitrogen and oxygen atoms in total. The Balaban J connectivity index is 1.93. The van der Waals surface area contributed by atoms with Gasteiger partial charge in [0.05, 0.1) is 19.2 Å². The van der Waals surface area contributed by atoms with Crippen LogP contribution < -0.4 is 4.90 Å². The van der Waals surface area contributed by atoms with E-state index < -0.39 is 5.60 Å². The normalized spacial score (nSPS) is 15.2. The fourth-order valence-corrected chi connectivity index (χ4v) is 2.45. The first kappa shape index (κ1) is 18.0. The number of hydrogen-bond donors (Lipinski definition) is 0. The number of amides is 1. The second-order valence-electron chi connectivity index (χ2n) is 6.71. The van der Waals surface area contributed by atoms with Gasteiger partial charge in [0.1, 0.15) is 5.60 Å². The molecule has 2 rings (SSSR count). The molecule has 0 atom stereocenters. The maximum absolute atomic E-state index is 12.1. The van der Waals surface area contributed by atoms with E-state index in [4.69, 9.17) is 4.74 Å². The van der Waals surface area contributed by atoms with Crippen LogP contribution in [0.15, 0.2) is 18.3 Å². The van der Waals surface area contributed by atoms with Crippen molar-refractivity contribution in [2.24, 2.45) is 0 Å². The summed E-state index contributed by atoms with van der Waals surface area (Å²) in [6.45, 7) is 8.21. The van der Waals surface area contributed by atoms with Crippen molar-refractivity contribution in [3.8, 4) is 0 Å². The van der Waals surface area contributed by atoms with Crippen LogP contribution in [0, 0.1) is 0 Å². The van der Waals surface area contributed by atoms with Gasteiger partial charge in [0.15, 0.2) is 0 Å². The number of hydrogen-bond acceptors (Lipinski definition) is 6. The predicted octanol–water partition coefficient (Wildman–Crippen LogP) is 1.85. The van der Waals surface area contributed by atoms with Gasteiger partial charge in [-0.3, -0.25) is 9.78 Å². The fraction of sp³-hybridized carbons (Fsp3) is 0.588. The molecular formula is C17H25N3O4. The molecule has 0 N–H and O–H groups in total. The van der Waals surface area contributed by atoms with Crippen molar-refractivity contribution in [2.75, 3.05) is 38.2 Å². The van der Waals surface area contributed by atoms with E-state index in [1.807, 2.05) is 32.9 Å². The molecule has 7 heteroatoms. The van der Waals surface area contributed by atoms with E-state index in [2.05, 4.69) is 14.6 Å². The van der Waals surface area contributed by atoms with Crippen molar-refractivity contribution < 1.29 is 19.1 Å². The van der Waals surface area contributed by atoms with E-state index in [-0.39, 0.29) is 18.5 Å². The number of rotatable bonds is 3. The Morgan fingerprint density at radius 1 is 1.21 bits per heavy atom. The summed E-state index contributed by atoms with van der Waals surface area (Å²) in [6.07, 6.45) is 1.57. The van der Waals surface area contributed by atoms with Gasteiger partial charge in [-0.25, -0.2) is 4.79 Å². The van der Waals surface area contributed by atoms with Crippen LogP contribution in [-0.2, 0) is 20.7 Å². The average molecular weight is 335 g/mol. The van der Waals surface area contributed by atoms with Crippen LogP contribution in [0.25, 0.3) is 0 Å². The van der Waals surface area contributed by atoms with E-state index >= 15 is 0 Å². The average Bonchev–Trinajstić information content (AvgIpc) is 2.53. The Hall–Kier alpha value is -2.31. The number of piperazine rings is 1. The molecule has 1 aliphatic heterocycles. The van der Waals surface area contributed by atoms with Gasteiger partial charge >= 0.3 is 12.1 Å². The van der Waals surface area contributed by atoms with Crippen molar-refractivity contribution in [1.29, 1.82) is 0 Å². The first-order chi connectivity index (χ1) is 11.3. The van der Waals surface area contributed by atoms with Crippen LogP contribution in [0.2, 0.25) is 0 Å². The molecule has 1 aromatic rings. The lowest BCUT2D eigenvalue weighted by atomic mass is 10.2. The quantitative estimate of drug-likeness (QED) is 0.785. The highest BCUT2D eigenvalue weighted by Gasteiger charge is 2.26. The van der Waals surface area contributed by atoms with E-state index in [1.165, 1.54) is 7.11 Å². The number of aromatic nitrogens is 1. The Bertz CT molecular complexity index is 590. The summed E-state index contributed by atoms with van der Waals surface area (Å²) in [4.78, 5) is 31.5. The van der Waals surface area contributed by atoms with Crippen molar-refractivity contribution >= 4 is 17.7 Å². The zero-order chi connectivity index (χ0) is 17.7. The second-order valence-corrected chi connectivity index (χ2v) is 6.71. The number of anilines is 1. The molecular weight excluding hydrogens is 310 g/mol. The van der Waals surface area contributed by atoms with Gasteiger partial charge in [0, 0.05) is 38.1 Å². The first-order valence-electron chi connectivity index (χ1n) is 8.03. The van der Waals surface area contributed by atoms with E-state index in [9.17, 15) is 9.59 Å². The van der Waals surface area contributed by atoms with Crippen molar-refractivity contribution in [3.05, 3.63) is 24.0 Å². The molecule has 0 unspecified atom stereocenters. The van der Waals surface area contributed by atoms with Crippen LogP contribution in [-0.4, -0.2) is 60.8 Å².